The minimum absolute atomic E-state index is 0.00214. The van der Waals surface area contributed by atoms with Crippen molar-refractivity contribution in [3.05, 3.63) is 11.6 Å². The Morgan fingerprint density at radius 3 is 1.72 bits per heavy atom. The summed E-state index contributed by atoms with van der Waals surface area (Å²) < 4.78 is 0. The summed E-state index contributed by atoms with van der Waals surface area (Å²) in [5.74, 6) is 0.0637. The van der Waals surface area contributed by atoms with Gasteiger partial charge < -0.3 is 0 Å². The van der Waals surface area contributed by atoms with Crippen LogP contribution in [0.3, 0.4) is 0 Å². The molecule has 1 unspecified atom stereocenters. The third-order valence-corrected chi connectivity index (χ3v) is 6.28. The van der Waals surface area contributed by atoms with Crippen molar-refractivity contribution in [2.24, 2.45) is 0 Å². The fraction of sp³-hybridized carbons (Fsp3) is 0.846. The van der Waals surface area contributed by atoms with Gasteiger partial charge in [-0.1, -0.05) is 109 Å². The molecule has 3 nitrogen and oxygen atoms in total. The van der Waals surface area contributed by atoms with Crippen LogP contribution in [0, 0.1) is 0 Å². The van der Waals surface area contributed by atoms with Crippen molar-refractivity contribution in [2.75, 3.05) is 0 Å². The monoisotopic (exact) mass is 405 g/mol. The molecule has 2 amide bonds. The normalized spacial score (nSPS) is 16.1. The Morgan fingerprint density at radius 2 is 1.21 bits per heavy atom. The molecule has 1 aliphatic heterocycles. The first kappa shape index (κ1) is 25.9. The smallest absolute Gasteiger partial charge is 0.230 e. The van der Waals surface area contributed by atoms with Gasteiger partial charge in [0.25, 0.3) is 0 Å². The molecule has 0 aromatic rings. The van der Waals surface area contributed by atoms with Gasteiger partial charge in [0.1, 0.15) is 0 Å². The van der Waals surface area contributed by atoms with Crippen molar-refractivity contribution in [3.63, 3.8) is 0 Å². The number of likely N-dealkylation sites (tertiary alicyclic amines) is 1. The highest BCUT2D eigenvalue weighted by molar-refractivity contribution is 6.02. The van der Waals surface area contributed by atoms with Gasteiger partial charge in [-0.2, -0.15) is 0 Å². The van der Waals surface area contributed by atoms with Crippen LogP contribution in [0.25, 0.3) is 0 Å². The van der Waals surface area contributed by atoms with Gasteiger partial charge in [-0.3, -0.25) is 14.5 Å². The molecule has 0 aromatic carbocycles. The number of rotatable bonds is 18. The molecule has 29 heavy (non-hydrogen) atoms. The molecule has 1 aliphatic rings. The molecule has 0 saturated carbocycles. The molecule has 0 N–H and O–H groups in total. The van der Waals surface area contributed by atoms with E-state index in [2.05, 4.69) is 26.8 Å². The molecule has 1 saturated heterocycles. The topological polar surface area (TPSA) is 37.4 Å². The average Bonchev–Trinajstić information content (AvgIpc) is 3.04. The maximum Gasteiger partial charge on any atom is 0.230 e. The fourth-order valence-electron chi connectivity index (χ4n) is 4.36. The Balaban J connectivity index is 2.38. The van der Waals surface area contributed by atoms with E-state index in [1.165, 1.54) is 89.0 Å². The maximum atomic E-state index is 12.3. The van der Waals surface area contributed by atoms with Crippen molar-refractivity contribution >= 4 is 11.8 Å². The predicted molar refractivity (Wildman–Crippen MR) is 124 cm³/mol. The van der Waals surface area contributed by atoms with E-state index in [9.17, 15) is 9.59 Å². The summed E-state index contributed by atoms with van der Waals surface area (Å²) in [6.07, 6.45) is 23.3. The molecular formula is C26H47NO2. The minimum Gasteiger partial charge on any atom is -0.275 e. The Hall–Kier alpha value is -1.12. The number of nitrogens with zero attached hydrogens (tertiary/aromatic N) is 1. The maximum absolute atomic E-state index is 12.3. The highest BCUT2D eigenvalue weighted by Gasteiger charge is 2.35. The minimum atomic E-state index is -0.00214. The van der Waals surface area contributed by atoms with Crippen molar-refractivity contribution in [1.29, 1.82) is 0 Å². The second-order valence-corrected chi connectivity index (χ2v) is 8.94. The molecular weight excluding hydrogens is 358 g/mol. The third kappa shape index (κ3) is 11.0. The second kappa shape index (κ2) is 16.7. The zero-order valence-electron chi connectivity index (χ0n) is 19.6. The van der Waals surface area contributed by atoms with Crippen LogP contribution in [0.4, 0.5) is 0 Å². The van der Waals surface area contributed by atoms with Crippen molar-refractivity contribution in [1.82, 2.24) is 4.90 Å². The zero-order valence-corrected chi connectivity index (χ0v) is 19.6. The van der Waals surface area contributed by atoms with Gasteiger partial charge in [0.05, 0.1) is 6.04 Å². The van der Waals surface area contributed by atoms with E-state index in [1.54, 1.807) is 4.90 Å². The lowest BCUT2D eigenvalue weighted by atomic mass is 9.97. The molecule has 3 heteroatoms. The molecule has 1 heterocycles. The summed E-state index contributed by atoms with van der Waals surface area (Å²) in [5, 5.41) is 0. The van der Waals surface area contributed by atoms with Crippen LogP contribution in [0.15, 0.2) is 11.6 Å². The molecule has 0 radical (unpaired) electrons. The van der Waals surface area contributed by atoms with Gasteiger partial charge in [0.2, 0.25) is 11.8 Å². The van der Waals surface area contributed by atoms with Crippen LogP contribution in [-0.4, -0.2) is 22.8 Å². The summed E-state index contributed by atoms with van der Waals surface area (Å²) in [4.78, 5) is 26.2. The van der Waals surface area contributed by atoms with Gasteiger partial charge >= 0.3 is 0 Å². The lowest BCUT2D eigenvalue weighted by molar-refractivity contribution is -0.140. The highest BCUT2D eigenvalue weighted by atomic mass is 16.2. The Kier molecular flexibility index (Phi) is 14.9. The van der Waals surface area contributed by atoms with Gasteiger partial charge in [-0.25, -0.2) is 0 Å². The van der Waals surface area contributed by atoms with E-state index < -0.39 is 0 Å². The SMILES string of the molecule is CCCCCCCCCCCC=C(C)C(CCCCCCC)N1C(=O)CCC1=O. The number of carbonyl (C=O) groups is 2. The molecule has 0 aliphatic carbocycles. The van der Waals surface area contributed by atoms with E-state index in [0.29, 0.717) is 12.8 Å². The van der Waals surface area contributed by atoms with E-state index in [1.807, 2.05) is 0 Å². The van der Waals surface area contributed by atoms with Gasteiger partial charge in [-0.05, 0) is 26.2 Å². The molecule has 1 rings (SSSR count). The largest absolute Gasteiger partial charge is 0.275 e. The number of carbonyl (C=O) groups excluding carboxylic acids is 2. The molecule has 0 spiro atoms. The summed E-state index contributed by atoms with van der Waals surface area (Å²) in [7, 11) is 0. The Bertz CT molecular complexity index is 467. The van der Waals surface area contributed by atoms with E-state index in [0.717, 1.165) is 19.3 Å². The zero-order chi connectivity index (χ0) is 21.3. The first-order chi connectivity index (χ1) is 14.1. The van der Waals surface area contributed by atoms with Gasteiger partial charge in [-0.15, -0.1) is 0 Å². The molecule has 1 fully saturated rings. The number of amides is 2. The van der Waals surface area contributed by atoms with Crippen LogP contribution >= 0.6 is 0 Å². The van der Waals surface area contributed by atoms with Crippen LogP contribution in [0.1, 0.15) is 136 Å². The number of hydrogen-bond donors (Lipinski definition) is 0. The number of imide groups is 1. The highest BCUT2D eigenvalue weighted by Crippen LogP contribution is 2.25. The number of hydrogen-bond acceptors (Lipinski definition) is 2. The summed E-state index contributed by atoms with van der Waals surface area (Å²) >= 11 is 0. The van der Waals surface area contributed by atoms with Gasteiger partial charge in [0, 0.05) is 12.8 Å². The van der Waals surface area contributed by atoms with E-state index in [-0.39, 0.29) is 17.9 Å². The number of unbranched alkanes of at least 4 members (excludes halogenated alkanes) is 13. The number of allylic oxidation sites excluding steroid dienone is 1. The second-order valence-electron chi connectivity index (χ2n) is 8.94. The first-order valence-corrected chi connectivity index (χ1v) is 12.6. The van der Waals surface area contributed by atoms with Crippen molar-refractivity contribution in [2.45, 2.75) is 142 Å². The molecule has 0 aromatic heterocycles. The van der Waals surface area contributed by atoms with Crippen LogP contribution in [0.5, 0.6) is 0 Å². The van der Waals surface area contributed by atoms with Crippen LogP contribution < -0.4 is 0 Å². The van der Waals surface area contributed by atoms with Crippen molar-refractivity contribution in [3.8, 4) is 0 Å². The Morgan fingerprint density at radius 1 is 0.759 bits per heavy atom. The standard InChI is InChI=1S/C26H47NO2/c1-4-6-8-10-11-12-13-14-16-17-19-23(3)24(20-18-15-9-7-5-2)27-25(28)21-22-26(27)29/h19,24H,4-18,20-22H2,1-3H3. The molecule has 1 atom stereocenters. The average molecular weight is 406 g/mol. The fourth-order valence-corrected chi connectivity index (χ4v) is 4.36. The predicted octanol–water partition coefficient (Wildman–Crippen LogP) is 7.73. The third-order valence-electron chi connectivity index (χ3n) is 6.28. The molecule has 168 valence electrons. The van der Waals surface area contributed by atoms with E-state index >= 15 is 0 Å². The quantitative estimate of drug-likeness (QED) is 0.133. The summed E-state index contributed by atoms with van der Waals surface area (Å²) in [6, 6.07) is -0.00214. The van der Waals surface area contributed by atoms with Crippen molar-refractivity contribution < 1.29 is 9.59 Å². The summed E-state index contributed by atoms with van der Waals surface area (Å²) in [5.41, 5.74) is 1.23. The Labute approximate surface area is 180 Å². The lowest BCUT2D eigenvalue weighted by Crippen LogP contribution is -2.40. The van der Waals surface area contributed by atoms with E-state index in [4.69, 9.17) is 0 Å². The van der Waals surface area contributed by atoms with Crippen LogP contribution in [-0.2, 0) is 9.59 Å². The lowest BCUT2D eigenvalue weighted by Gasteiger charge is -2.27. The molecule has 0 bridgehead atoms. The van der Waals surface area contributed by atoms with Crippen LogP contribution in [0.2, 0.25) is 0 Å². The van der Waals surface area contributed by atoms with Gasteiger partial charge in [0.15, 0.2) is 0 Å². The summed E-state index contributed by atoms with van der Waals surface area (Å²) in [6.45, 7) is 6.62. The first-order valence-electron chi connectivity index (χ1n) is 12.6.